The minimum Gasteiger partial charge on any atom is -0.457 e. The molecule has 0 fully saturated rings. The second kappa shape index (κ2) is 5.72. The van der Waals surface area contributed by atoms with Crippen LogP contribution in [0, 0.1) is 12.8 Å². The maximum atomic E-state index is 5.87. The lowest BCUT2D eigenvalue weighted by atomic mass is 10.0. The first-order chi connectivity index (χ1) is 8.65. The normalized spacial score (nSPS) is 10.7. The first-order valence-electron chi connectivity index (χ1n) is 6.47. The van der Waals surface area contributed by atoms with Crippen LogP contribution in [0.4, 0.5) is 0 Å². The fourth-order valence-corrected chi connectivity index (χ4v) is 1.96. The Morgan fingerprint density at radius 2 is 1.61 bits per heavy atom. The van der Waals surface area contributed by atoms with Gasteiger partial charge < -0.3 is 4.74 Å². The van der Waals surface area contributed by atoms with Crippen LogP contribution in [0.25, 0.3) is 0 Å². The molecule has 0 saturated heterocycles. The average Bonchev–Trinajstić information content (AvgIpc) is 2.34. The van der Waals surface area contributed by atoms with Gasteiger partial charge in [-0.2, -0.15) is 0 Å². The predicted octanol–water partition coefficient (Wildman–Crippen LogP) is 4.99. The summed E-state index contributed by atoms with van der Waals surface area (Å²) in [6.07, 6.45) is 1.12. The number of hydrogen-bond acceptors (Lipinski definition) is 1. The van der Waals surface area contributed by atoms with E-state index in [4.69, 9.17) is 4.74 Å². The molecule has 18 heavy (non-hydrogen) atoms. The van der Waals surface area contributed by atoms with Crippen molar-refractivity contribution >= 4 is 0 Å². The van der Waals surface area contributed by atoms with Gasteiger partial charge in [0.15, 0.2) is 0 Å². The third kappa shape index (κ3) is 3.36. The summed E-state index contributed by atoms with van der Waals surface area (Å²) in [4.78, 5) is 0. The van der Waals surface area contributed by atoms with Gasteiger partial charge in [0.2, 0.25) is 0 Å². The van der Waals surface area contributed by atoms with Gasteiger partial charge >= 0.3 is 0 Å². The van der Waals surface area contributed by atoms with Crippen LogP contribution in [0.2, 0.25) is 0 Å². The van der Waals surface area contributed by atoms with E-state index in [-0.39, 0.29) is 0 Å². The largest absolute Gasteiger partial charge is 0.457 e. The van der Waals surface area contributed by atoms with Crippen LogP contribution in [0.15, 0.2) is 48.5 Å². The highest BCUT2D eigenvalue weighted by atomic mass is 16.5. The van der Waals surface area contributed by atoms with Gasteiger partial charge in [-0.3, -0.25) is 0 Å². The van der Waals surface area contributed by atoms with Crippen LogP contribution < -0.4 is 4.74 Å². The fraction of sp³-hybridized carbons (Fsp3) is 0.294. The molecule has 0 heterocycles. The van der Waals surface area contributed by atoms with Crippen molar-refractivity contribution in [2.45, 2.75) is 27.2 Å². The highest BCUT2D eigenvalue weighted by Gasteiger charge is 2.01. The molecule has 0 bridgehead atoms. The summed E-state index contributed by atoms with van der Waals surface area (Å²) < 4.78 is 5.87. The minimum atomic E-state index is 0.688. The predicted molar refractivity (Wildman–Crippen MR) is 76.2 cm³/mol. The first kappa shape index (κ1) is 12.7. The Balaban J connectivity index is 2.09. The zero-order valence-electron chi connectivity index (χ0n) is 11.3. The lowest BCUT2D eigenvalue weighted by Gasteiger charge is -2.09. The van der Waals surface area contributed by atoms with E-state index < -0.39 is 0 Å². The molecule has 0 aliphatic heterocycles. The van der Waals surface area contributed by atoms with Crippen LogP contribution in [-0.2, 0) is 6.42 Å². The third-order valence-electron chi connectivity index (χ3n) is 2.89. The van der Waals surface area contributed by atoms with Crippen molar-refractivity contribution < 1.29 is 4.74 Å². The van der Waals surface area contributed by atoms with E-state index in [1.54, 1.807) is 0 Å². The summed E-state index contributed by atoms with van der Waals surface area (Å²) in [5.41, 5.74) is 2.52. The zero-order valence-corrected chi connectivity index (χ0v) is 11.3. The fourth-order valence-electron chi connectivity index (χ4n) is 1.96. The van der Waals surface area contributed by atoms with Crippen molar-refractivity contribution in [3.05, 3.63) is 59.7 Å². The van der Waals surface area contributed by atoms with Crippen molar-refractivity contribution in [2.75, 3.05) is 0 Å². The van der Waals surface area contributed by atoms with E-state index in [1.807, 2.05) is 30.3 Å². The van der Waals surface area contributed by atoms with Gasteiger partial charge in [-0.25, -0.2) is 0 Å². The molecule has 0 unspecified atom stereocenters. The van der Waals surface area contributed by atoms with Gasteiger partial charge in [-0.1, -0.05) is 44.2 Å². The average molecular weight is 240 g/mol. The summed E-state index contributed by atoms with van der Waals surface area (Å²) in [7, 11) is 0. The number of para-hydroxylation sites is 1. The molecule has 1 heteroatoms. The Morgan fingerprint density at radius 1 is 0.944 bits per heavy atom. The summed E-state index contributed by atoms with van der Waals surface area (Å²) in [5.74, 6) is 2.51. The molecule has 0 aromatic heterocycles. The van der Waals surface area contributed by atoms with E-state index in [0.29, 0.717) is 5.92 Å². The second-order valence-electron chi connectivity index (χ2n) is 5.11. The van der Waals surface area contributed by atoms with Crippen LogP contribution in [0.3, 0.4) is 0 Å². The molecule has 2 aromatic rings. The number of aryl methyl sites for hydroxylation is 1. The van der Waals surface area contributed by atoms with Crippen LogP contribution in [0.5, 0.6) is 11.5 Å². The van der Waals surface area contributed by atoms with Gasteiger partial charge in [0.25, 0.3) is 0 Å². The van der Waals surface area contributed by atoms with E-state index in [0.717, 1.165) is 23.5 Å². The van der Waals surface area contributed by atoms with Crippen LogP contribution in [0.1, 0.15) is 25.0 Å². The topological polar surface area (TPSA) is 9.23 Å². The summed E-state index contributed by atoms with van der Waals surface area (Å²) in [6, 6.07) is 16.5. The summed E-state index contributed by atoms with van der Waals surface area (Å²) in [6.45, 7) is 6.53. The maximum Gasteiger partial charge on any atom is 0.130 e. The molecule has 0 saturated carbocycles. The Hall–Kier alpha value is -1.76. The highest BCUT2D eigenvalue weighted by molar-refractivity contribution is 5.37. The van der Waals surface area contributed by atoms with E-state index in [9.17, 15) is 0 Å². The molecule has 0 radical (unpaired) electrons. The Bertz CT molecular complexity index is 497. The quantitative estimate of drug-likeness (QED) is 0.732. The van der Waals surface area contributed by atoms with Crippen LogP contribution >= 0.6 is 0 Å². The van der Waals surface area contributed by atoms with Crippen molar-refractivity contribution in [3.63, 3.8) is 0 Å². The Labute approximate surface area is 109 Å². The van der Waals surface area contributed by atoms with Gasteiger partial charge in [-0.05, 0) is 48.6 Å². The molecule has 2 aromatic carbocycles. The van der Waals surface area contributed by atoms with Crippen LogP contribution in [-0.4, -0.2) is 0 Å². The second-order valence-corrected chi connectivity index (χ2v) is 5.11. The molecule has 0 N–H and O–H groups in total. The smallest absolute Gasteiger partial charge is 0.130 e. The lowest BCUT2D eigenvalue weighted by molar-refractivity contribution is 0.478. The first-order valence-corrected chi connectivity index (χ1v) is 6.47. The number of ether oxygens (including phenoxy) is 1. The molecule has 0 aliphatic carbocycles. The molecule has 0 amide bonds. The van der Waals surface area contributed by atoms with Crippen molar-refractivity contribution in [3.8, 4) is 11.5 Å². The molecule has 94 valence electrons. The summed E-state index contributed by atoms with van der Waals surface area (Å²) >= 11 is 0. The number of benzene rings is 2. The lowest BCUT2D eigenvalue weighted by Crippen LogP contribution is -1.94. The monoisotopic (exact) mass is 240 g/mol. The molecule has 1 nitrogen and oxygen atoms in total. The van der Waals surface area contributed by atoms with Crippen molar-refractivity contribution in [1.29, 1.82) is 0 Å². The van der Waals surface area contributed by atoms with E-state index in [2.05, 4.69) is 39.0 Å². The van der Waals surface area contributed by atoms with Gasteiger partial charge in [0.1, 0.15) is 11.5 Å². The highest BCUT2D eigenvalue weighted by Crippen LogP contribution is 2.25. The van der Waals surface area contributed by atoms with Crippen molar-refractivity contribution in [2.24, 2.45) is 5.92 Å². The van der Waals surface area contributed by atoms with E-state index >= 15 is 0 Å². The molecule has 0 spiro atoms. The molecular weight excluding hydrogens is 220 g/mol. The zero-order chi connectivity index (χ0) is 13.0. The molecular formula is C17H20O. The Kier molecular flexibility index (Phi) is 4.03. The third-order valence-corrected chi connectivity index (χ3v) is 2.89. The molecule has 0 atom stereocenters. The SMILES string of the molecule is Cc1ccccc1Oc1ccc(CC(C)C)cc1. The standard InChI is InChI=1S/C17H20O/c1-13(2)12-15-8-10-16(11-9-15)18-17-7-5-4-6-14(17)3/h4-11,13H,12H2,1-3H3. The van der Waals surface area contributed by atoms with E-state index in [1.165, 1.54) is 5.56 Å². The number of hydrogen-bond donors (Lipinski definition) is 0. The van der Waals surface area contributed by atoms with Gasteiger partial charge in [-0.15, -0.1) is 0 Å². The number of rotatable bonds is 4. The van der Waals surface area contributed by atoms with Crippen molar-refractivity contribution in [1.82, 2.24) is 0 Å². The Morgan fingerprint density at radius 3 is 2.22 bits per heavy atom. The summed E-state index contributed by atoms with van der Waals surface area (Å²) in [5, 5.41) is 0. The minimum absolute atomic E-state index is 0.688. The van der Waals surface area contributed by atoms with Gasteiger partial charge in [0.05, 0.1) is 0 Å². The molecule has 0 aliphatic rings. The maximum absolute atomic E-state index is 5.87. The van der Waals surface area contributed by atoms with Gasteiger partial charge in [0, 0.05) is 0 Å². The molecule has 2 rings (SSSR count).